The van der Waals surface area contributed by atoms with Gasteiger partial charge in [-0.05, 0) is 31.0 Å². The molecule has 0 radical (unpaired) electrons. The zero-order chi connectivity index (χ0) is 18.8. The molecule has 2 rings (SSSR count). The molecule has 0 fully saturated rings. The summed E-state index contributed by atoms with van der Waals surface area (Å²) >= 11 is 0. The standard InChI is InChI=1S/C17H21N3O4S/c1-12-6-5-7-13(2)17(12)18-15(21)11-20-10-14(8-9-16(20)22)25(23,24)19(3)4/h5-10H,11H2,1-4H3,(H,18,21). The molecule has 0 bridgehead atoms. The average molecular weight is 363 g/mol. The van der Waals surface area contributed by atoms with E-state index in [9.17, 15) is 18.0 Å². The average Bonchev–Trinajstić information content (AvgIpc) is 2.53. The number of carbonyl (C=O) groups excluding carboxylic acids is 1. The minimum atomic E-state index is -3.68. The van der Waals surface area contributed by atoms with Gasteiger partial charge < -0.3 is 9.88 Å². The molecule has 0 saturated heterocycles. The lowest BCUT2D eigenvalue weighted by atomic mass is 10.1. The number of carbonyl (C=O) groups is 1. The highest BCUT2D eigenvalue weighted by atomic mass is 32.2. The predicted molar refractivity (Wildman–Crippen MR) is 96.1 cm³/mol. The van der Waals surface area contributed by atoms with Crippen LogP contribution < -0.4 is 10.9 Å². The molecule has 0 atom stereocenters. The van der Waals surface area contributed by atoms with Gasteiger partial charge in [0.2, 0.25) is 15.9 Å². The summed E-state index contributed by atoms with van der Waals surface area (Å²) in [6, 6.07) is 8.01. The molecule has 0 unspecified atom stereocenters. The maximum absolute atomic E-state index is 12.3. The van der Waals surface area contributed by atoms with Crippen LogP contribution in [0.1, 0.15) is 11.1 Å². The highest BCUT2D eigenvalue weighted by molar-refractivity contribution is 7.89. The zero-order valence-electron chi connectivity index (χ0n) is 14.6. The molecular formula is C17H21N3O4S. The van der Waals surface area contributed by atoms with Crippen LogP contribution in [0.2, 0.25) is 0 Å². The normalized spacial score (nSPS) is 11.6. The minimum absolute atomic E-state index is 0.0445. The molecule has 7 nitrogen and oxygen atoms in total. The van der Waals surface area contributed by atoms with Crippen LogP contribution in [0.4, 0.5) is 5.69 Å². The second kappa shape index (κ2) is 7.20. The van der Waals surface area contributed by atoms with Gasteiger partial charge in [0.05, 0.1) is 4.90 Å². The van der Waals surface area contributed by atoms with Gasteiger partial charge in [-0.3, -0.25) is 9.59 Å². The number of nitrogens with one attached hydrogen (secondary N) is 1. The third-order valence-electron chi connectivity index (χ3n) is 3.79. The first kappa shape index (κ1) is 18.9. The Labute approximate surface area is 147 Å². The molecule has 1 heterocycles. The summed E-state index contributed by atoms with van der Waals surface area (Å²) in [6.45, 7) is 3.47. The van der Waals surface area contributed by atoms with Crippen LogP contribution in [0.15, 0.2) is 46.2 Å². The van der Waals surface area contributed by atoms with Crippen molar-refractivity contribution in [2.45, 2.75) is 25.3 Å². The Morgan fingerprint density at radius 1 is 1.12 bits per heavy atom. The molecule has 2 aromatic rings. The van der Waals surface area contributed by atoms with Crippen molar-refractivity contribution < 1.29 is 13.2 Å². The van der Waals surface area contributed by atoms with Crippen molar-refractivity contribution in [2.24, 2.45) is 0 Å². The van der Waals surface area contributed by atoms with E-state index in [4.69, 9.17) is 0 Å². The van der Waals surface area contributed by atoms with Gasteiger partial charge in [0, 0.05) is 32.0 Å². The molecule has 0 aliphatic heterocycles. The van der Waals surface area contributed by atoms with Crippen LogP contribution >= 0.6 is 0 Å². The van der Waals surface area contributed by atoms with Crippen molar-refractivity contribution in [1.29, 1.82) is 0 Å². The molecule has 0 aliphatic rings. The minimum Gasteiger partial charge on any atom is -0.324 e. The lowest BCUT2D eigenvalue weighted by Gasteiger charge is -2.14. The summed E-state index contributed by atoms with van der Waals surface area (Å²) in [5, 5.41) is 2.78. The molecule has 134 valence electrons. The number of hydrogen-bond donors (Lipinski definition) is 1. The Bertz CT molecular complexity index is 942. The second-order valence-electron chi connectivity index (χ2n) is 5.93. The summed E-state index contributed by atoms with van der Waals surface area (Å²) in [5.74, 6) is -0.404. The van der Waals surface area contributed by atoms with Gasteiger partial charge in [0.1, 0.15) is 6.54 Å². The number of aromatic nitrogens is 1. The number of sulfonamides is 1. The van der Waals surface area contributed by atoms with Gasteiger partial charge in [-0.15, -0.1) is 0 Å². The van der Waals surface area contributed by atoms with E-state index in [0.29, 0.717) is 5.69 Å². The molecular weight excluding hydrogens is 342 g/mol. The fourth-order valence-electron chi connectivity index (χ4n) is 2.34. The summed E-state index contributed by atoms with van der Waals surface area (Å²) in [7, 11) is -0.880. The van der Waals surface area contributed by atoms with Crippen molar-refractivity contribution >= 4 is 21.6 Å². The van der Waals surface area contributed by atoms with E-state index in [0.717, 1.165) is 26.1 Å². The summed E-state index contributed by atoms with van der Waals surface area (Å²) in [5.41, 5.74) is 2.06. The molecule has 0 saturated carbocycles. The topological polar surface area (TPSA) is 88.5 Å². The van der Waals surface area contributed by atoms with E-state index in [1.54, 1.807) is 0 Å². The molecule has 0 spiro atoms. The number of anilines is 1. The van der Waals surface area contributed by atoms with Crippen LogP contribution in [0.3, 0.4) is 0 Å². The lowest BCUT2D eigenvalue weighted by molar-refractivity contribution is -0.116. The van der Waals surface area contributed by atoms with Crippen molar-refractivity contribution in [3.8, 4) is 0 Å². The number of benzene rings is 1. The SMILES string of the molecule is Cc1cccc(C)c1NC(=O)Cn1cc(S(=O)(=O)N(C)C)ccc1=O. The van der Waals surface area contributed by atoms with Gasteiger partial charge in [0.15, 0.2) is 0 Å². The van der Waals surface area contributed by atoms with Gasteiger partial charge in [-0.1, -0.05) is 18.2 Å². The third-order valence-corrected chi connectivity index (χ3v) is 5.59. The highest BCUT2D eigenvalue weighted by Crippen LogP contribution is 2.19. The molecule has 1 amide bonds. The fraction of sp³-hybridized carbons (Fsp3) is 0.294. The van der Waals surface area contributed by atoms with E-state index in [2.05, 4.69) is 5.32 Å². The van der Waals surface area contributed by atoms with Crippen LogP contribution in [0.25, 0.3) is 0 Å². The Kier molecular flexibility index (Phi) is 5.44. The quantitative estimate of drug-likeness (QED) is 0.869. The fourth-order valence-corrected chi connectivity index (χ4v) is 3.26. The van der Waals surface area contributed by atoms with Gasteiger partial charge in [0.25, 0.3) is 5.56 Å². The van der Waals surface area contributed by atoms with Crippen LogP contribution in [0, 0.1) is 13.8 Å². The van der Waals surface area contributed by atoms with Crippen molar-refractivity contribution in [1.82, 2.24) is 8.87 Å². The van der Waals surface area contributed by atoms with Crippen LogP contribution in [-0.4, -0.2) is 37.3 Å². The first-order valence-corrected chi connectivity index (χ1v) is 9.06. The molecule has 1 aromatic heterocycles. The number of para-hydroxylation sites is 1. The Balaban J connectivity index is 2.28. The Hall–Kier alpha value is -2.45. The molecule has 1 N–H and O–H groups in total. The summed E-state index contributed by atoms with van der Waals surface area (Å²) < 4.78 is 26.5. The monoisotopic (exact) mass is 363 g/mol. The number of nitrogens with zero attached hydrogens (tertiary/aromatic N) is 2. The number of rotatable bonds is 5. The van der Waals surface area contributed by atoms with Crippen molar-refractivity contribution in [2.75, 3.05) is 19.4 Å². The molecule has 8 heteroatoms. The van der Waals surface area contributed by atoms with E-state index >= 15 is 0 Å². The maximum Gasteiger partial charge on any atom is 0.251 e. The largest absolute Gasteiger partial charge is 0.324 e. The number of hydrogen-bond acceptors (Lipinski definition) is 4. The smallest absolute Gasteiger partial charge is 0.251 e. The number of amides is 1. The van der Waals surface area contributed by atoms with Gasteiger partial charge >= 0.3 is 0 Å². The number of aryl methyl sites for hydroxylation is 2. The van der Waals surface area contributed by atoms with Crippen LogP contribution in [0.5, 0.6) is 0 Å². The van der Waals surface area contributed by atoms with Crippen LogP contribution in [-0.2, 0) is 21.4 Å². The molecule has 0 aliphatic carbocycles. The molecule has 1 aromatic carbocycles. The lowest BCUT2D eigenvalue weighted by Crippen LogP contribution is -2.29. The Morgan fingerprint density at radius 2 is 1.72 bits per heavy atom. The van der Waals surface area contributed by atoms with E-state index in [-0.39, 0.29) is 11.4 Å². The van der Waals surface area contributed by atoms with Gasteiger partial charge in [-0.2, -0.15) is 0 Å². The maximum atomic E-state index is 12.3. The van der Waals surface area contributed by atoms with Gasteiger partial charge in [-0.25, -0.2) is 12.7 Å². The first-order chi connectivity index (χ1) is 11.6. The third kappa shape index (κ3) is 4.15. The van der Waals surface area contributed by atoms with Crippen molar-refractivity contribution in [3.05, 3.63) is 58.0 Å². The summed E-state index contributed by atoms with van der Waals surface area (Å²) in [4.78, 5) is 24.2. The second-order valence-corrected chi connectivity index (χ2v) is 8.09. The number of pyridine rings is 1. The predicted octanol–water partition coefficient (Wildman–Crippen LogP) is 1.35. The highest BCUT2D eigenvalue weighted by Gasteiger charge is 2.19. The van der Waals surface area contributed by atoms with E-state index < -0.39 is 21.5 Å². The molecule has 25 heavy (non-hydrogen) atoms. The van der Waals surface area contributed by atoms with Crippen molar-refractivity contribution in [3.63, 3.8) is 0 Å². The summed E-state index contributed by atoms with van der Waals surface area (Å²) in [6.07, 6.45) is 1.18. The zero-order valence-corrected chi connectivity index (χ0v) is 15.4. The first-order valence-electron chi connectivity index (χ1n) is 7.62. The Morgan fingerprint density at radius 3 is 2.28 bits per heavy atom. The van der Waals surface area contributed by atoms with E-state index in [1.165, 1.54) is 26.4 Å². The van der Waals surface area contributed by atoms with E-state index in [1.807, 2.05) is 32.0 Å².